The topological polar surface area (TPSA) is 35.5 Å². The average Bonchev–Trinajstić information content (AvgIpc) is 1.88. The summed E-state index contributed by atoms with van der Waals surface area (Å²) in [6.45, 7) is 2.27. The summed E-state index contributed by atoms with van der Waals surface area (Å²) < 4.78 is 9.17. The smallest absolute Gasteiger partial charge is 0.330 e. The summed E-state index contributed by atoms with van der Waals surface area (Å²) >= 11 is 0. The van der Waals surface area contributed by atoms with E-state index in [4.69, 9.17) is 4.74 Å². The second kappa shape index (κ2) is 4.99. The summed E-state index contributed by atoms with van der Waals surface area (Å²) in [6, 6.07) is 0. The van der Waals surface area contributed by atoms with Crippen LogP contribution in [0.15, 0.2) is 11.6 Å². The van der Waals surface area contributed by atoms with Crippen LogP contribution >= 0.6 is 0 Å². The van der Waals surface area contributed by atoms with Gasteiger partial charge in [-0.1, -0.05) is 0 Å². The Hall–Kier alpha value is -0.830. The van der Waals surface area contributed by atoms with E-state index in [0.717, 1.165) is 5.57 Å². The van der Waals surface area contributed by atoms with Crippen LogP contribution in [0.2, 0.25) is 0 Å². The Morgan fingerprint density at radius 3 is 2.50 bits per heavy atom. The molecular formula is C7H12O3. The van der Waals surface area contributed by atoms with Gasteiger partial charge in [-0.15, -0.1) is 0 Å². The number of hydrogen-bond acceptors (Lipinski definition) is 3. The Labute approximate surface area is 60.6 Å². The molecule has 0 aromatic rings. The lowest BCUT2D eigenvalue weighted by molar-refractivity contribution is -0.134. The van der Waals surface area contributed by atoms with Crippen molar-refractivity contribution in [3.63, 3.8) is 0 Å². The van der Waals surface area contributed by atoms with Crippen LogP contribution in [0.4, 0.5) is 0 Å². The van der Waals surface area contributed by atoms with Gasteiger partial charge in [0.05, 0.1) is 13.7 Å². The molecule has 0 spiro atoms. The van der Waals surface area contributed by atoms with E-state index < -0.39 is 0 Å². The van der Waals surface area contributed by atoms with Crippen LogP contribution in [0.3, 0.4) is 0 Å². The van der Waals surface area contributed by atoms with Crippen molar-refractivity contribution in [1.82, 2.24) is 0 Å². The van der Waals surface area contributed by atoms with E-state index in [9.17, 15) is 4.79 Å². The first-order chi connectivity index (χ1) is 4.70. The fraction of sp³-hybridized carbons (Fsp3) is 0.571. The molecule has 0 aliphatic rings. The largest absolute Gasteiger partial charge is 0.466 e. The summed E-state index contributed by atoms with van der Waals surface area (Å²) in [5, 5.41) is 0. The van der Waals surface area contributed by atoms with Gasteiger partial charge in [0.1, 0.15) is 0 Å². The van der Waals surface area contributed by atoms with Crippen LogP contribution in [-0.2, 0) is 14.3 Å². The summed E-state index contributed by atoms with van der Waals surface area (Å²) in [6.07, 6.45) is 1.41. The molecule has 0 bridgehead atoms. The number of hydrogen-bond donors (Lipinski definition) is 0. The van der Waals surface area contributed by atoms with Gasteiger partial charge in [0.2, 0.25) is 0 Å². The lowest BCUT2D eigenvalue weighted by atomic mass is 10.3. The minimum Gasteiger partial charge on any atom is -0.466 e. The predicted octanol–water partition coefficient (Wildman–Crippen LogP) is 0.752. The van der Waals surface area contributed by atoms with Crippen molar-refractivity contribution < 1.29 is 14.3 Å². The molecule has 10 heavy (non-hydrogen) atoms. The molecule has 0 unspecified atom stereocenters. The van der Waals surface area contributed by atoms with Gasteiger partial charge in [-0.25, -0.2) is 4.79 Å². The van der Waals surface area contributed by atoms with E-state index in [1.807, 2.05) is 0 Å². The second-order valence-corrected chi connectivity index (χ2v) is 1.95. The molecule has 0 atom stereocenters. The molecule has 0 fully saturated rings. The zero-order valence-electron chi connectivity index (χ0n) is 6.51. The maximum atomic E-state index is 10.5. The Bertz CT molecular complexity index is 138. The number of methoxy groups -OCH3 is 2. The monoisotopic (exact) mass is 144 g/mol. The van der Waals surface area contributed by atoms with Gasteiger partial charge in [-0.2, -0.15) is 0 Å². The fourth-order valence-corrected chi connectivity index (χ4v) is 0.529. The van der Waals surface area contributed by atoms with E-state index in [-0.39, 0.29) is 5.97 Å². The Morgan fingerprint density at radius 2 is 2.10 bits per heavy atom. The second-order valence-electron chi connectivity index (χ2n) is 1.95. The van der Waals surface area contributed by atoms with Crippen molar-refractivity contribution in [2.75, 3.05) is 20.8 Å². The first-order valence-corrected chi connectivity index (χ1v) is 2.94. The first kappa shape index (κ1) is 9.17. The van der Waals surface area contributed by atoms with Gasteiger partial charge in [0.25, 0.3) is 0 Å². The van der Waals surface area contributed by atoms with Crippen LogP contribution in [-0.4, -0.2) is 26.8 Å². The Kier molecular flexibility index (Phi) is 4.58. The molecule has 0 aliphatic carbocycles. The molecule has 0 aliphatic heterocycles. The van der Waals surface area contributed by atoms with Crippen LogP contribution in [0.5, 0.6) is 0 Å². The maximum absolute atomic E-state index is 10.5. The molecule has 0 heterocycles. The molecule has 0 aromatic carbocycles. The normalized spacial score (nSPS) is 11.3. The molecule has 0 aromatic heterocycles. The van der Waals surface area contributed by atoms with Gasteiger partial charge in [-0.05, 0) is 12.5 Å². The van der Waals surface area contributed by atoms with Gasteiger partial charge in [-0.3, -0.25) is 0 Å². The number of rotatable bonds is 3. The number of carbonyl (C=O) groups excluding carboxylic acids is 1. The number of carbonyl (C=O) groups is 1. The highest BCUT2D eigenvalue weighted by Gasteiger charge is 1.94. The Morgan fingerprint density at radius 1 is 1.50 bits per heavy atom. The molecule has 3 nitrogen and oxygen atoms in total. The van der Waals surface area contributed by atoms with Crippen LogP contribution in [0.1, 0.15) is 6.92 Å². The molecule has 3 heteroatoms. The summed E-state index contributed by atoms with van der Waals surface area (Å²) in [7, 11) is 2.92. The van der Waals surface area contributed by atoms with Crippen molar-refractivity contribution >= 4 is 5.97 Å². The average molecular weight is 144 g/mol. The molecule has 58 valence electrons. The fourth-order valence-electron chi connectivity index (χ4n) is 0.529. The molecule has 0 radical (unpaired) electrons. The van der Waals surface area contributed by atoms with Crippen molar-refractivity contribution in [3.8, 4) is 0 Å². The maximum Gasteiger partial charge on any atom is 0.330 e. The van der Waals surface area contributed by atoms with Gasteiger partial charge < -0.3 is 9.47 Å². The van der Waals surface area contributed by atoms with E-state index in [1.165, 1.54) is 13.2 Å². The first-order valence-electron chi connectivity index (χ1n) is 2.94. The highest BCUT2D eigenvalue weighted by atomic mass is 16.5. The van der Waals surface area contributed by atoms with E-state index >= 15 is 0 Å². The zero-order chi connectivity index (χ0) is 7.98. The Balaban J connectivity index is 3.77. The van der Waals surface area contributed by atoms with Crippen LogP contribution < -0.4 is 0 Å². The summed E-state index contributed by atoms with van der Waals surface area (Å²) in [4.78, 5) is 10.5. The minimum atomic E-state index is -0.338. The third kappa shape index (κ3) is 4.09. The lowest BCUT2D eigenvalue weighted by Crippen LogP contribution is -1.98. The minimum absolute atomic E-state index is 0.338. The third-order valence-corrected chi connectivity index (χ3v) is 0.937. The predicted molar refractivity (Wildman–Crippen MR) is 37.6 cm³/mol. The number of esters is 1. The van der Waals surface area contributed by atoms with E-state index in [0.29, 0.717) is 6.61 Å². The highest BCUT2D eigenvalue weighted by molar-refractivity contribution is 5.82. The van der Waals surface area contributed by atoms with Crippen molar-refractivity contribution in [1.29, 1.82) is 0 Å². The van der Waals surface area contributed by atoms with Gasteiger partial charge in [0.15, 0.2) is 0 Å². The lowest BCUT2D eigenvalue weighted by Gasteiger charge is -1.96. The van der Waals surface area contributed by atoms with Crippen molar-refractivity contribution in [2.24, 2.45) is 0 Å². The third-order valence-electron chi connectivity index (χ3n) is 0.937. The summed E-state index contributed by atoms with van der Waals surface area (Å²) in [5.41, 5.74) is 0.856. The molecule has 0 amide bonds. The van der Waals surface area contributed by atoms with Gasteiger partial charge >= 0.3 is 5.97 Å². The van der Waals surface area contributed by atoms with E-state index in [1.54, 1.807) is 14.0 Å². The van der Waals surface area contributed by atoms with Gasteiger partial charge in [0, 0.05) is 13.2 Å². The van der Waals surface area contributed by atoms with Crippen LogP contribution in [0, 0.1) is 0 Å². The highest BCUT2D eigenvalue weighted by Crippen LogP contribution is 1.92. The van der Waals surface area contributed by atoms with Crippen molar-refractivity contribution in [3.05, 3.63) is 11.6 Å². The molecular weight excluding hydrogens is 132 g/mol. The zero-order valence-corrected chi connectivity index (χ0v) is 6.51. The molecule has 0 N–H and O–H groups in total. The van der Waals surface area contributed by atoms with E-state index in [2.05, 4.69) is 4.74 Å². The number of ether oxygens (including phenoxy) is 2. The standard InChI is InChI=1S/C7H12O3/c1-6(5-9-2)4-7(8)10-3/h4H,5H2,1-3H3/b6-4+. The van der Waals surface area contributed by atoms with Crippen LogP contribution in [0.25, 0.3) is 0 Å². The summed E-state index contributed by atoms with van der Waals surface area (Å²) in [5.74, 6) is -0.338. The molecule has 0 saturated heterocycles. The van der Waals surface area contributed by atoms with Crippen molar-refractivity contribution in [2.45, 2.75) is 6.92 Å². The molecule has 0 saturated carbocycles. The molecule has 0 rings (SSSR count). The quantitative estimate of drug-likeness (QED) is 0.433. The SMILES string of the molecule is COC/C(C)=C/C(=O)OC.